The summed E-state index contributed by atoms with van der Waals surface area (Å²) in [5.41, 5.74) is 8.08. The van der Waals surface area contributed by atoms with Gasteiger partial charge in [0.05, 0.1) is 5.56 Å². The fourth-order valence-corrected chi connectivity index (χ4v) is 2.32. The third-order valence-electron chi connectivity index (χ3n) is 3.46. The molecule has 2 aromatic carbocycles. The van der Waals surface area contributed by atoms with Crippen LogP contribution < -0.4 is 10.6 Å². The monoisotopic (exact) mass is 294 g/mol. The van der Waals surface area contributed by atoms with Gasteiger partial charge in [0.2, 0.25) is 0 Å². The van der Waals surface area contributed by atoms with Crippen molar-refractivity contribution in [1.82, 2.24) is 0 Å². The van der Waals surface area contributed by atoms with Gasteiger partial charge in [0.25, 0.3) is 0 Å². The second-order valence-corrected chi connectivity index (χ2v) is 4.89. The SMILES string of the molecule is Cc1ccccc1N(C)c1ccc(C(F)(F)F)cc1CN. The van der Waals surface area contributed by atoms with E-state index >= 15 is 0 Å². The molecule has 0 radical (unpaired) electrons. The summed E-state index contributed by atoms with van der Waals surface area (Å²) >= 11 is 0. The first-order valence-corrected chi connectivity index (χ1v) is 6.54. The van der Waals surface area contributed by atoms with E-state index in [1.165, 1.54) is 6.07 Å². The Labute approximate surface area is 122 Å². The highest BCUT2D eigenvalue weighted by atomic mass is 19.4. The van der Waals surface area contributed by atoms with Crippen molar-refractivity contribution >= 4 is 11.4 Å². The molecule has 0 atom stereocenters. The molecule has 0 aliphatic heterocycles. The Kier molecular flexibility index (Phi) is 4.23. The zero-order valence-corrected chi connectivity index (χ0v) is 11.9. The van der Waals surface area contributed by atoms with Crippen molar-refractivity contribution in [3.63, 3.8) is 0 Å². The predicted octanol–water partition coefficient (Wildman–Crippen LogP) is 4.24. The first-order chi connectivity index (χ1) is 9.84. The average molecular weight is 294 g/mol. The van der Waals surface area contributed by atoms with Crippen LogP contribution in [0, 0.1) is 6.92 Å². The summed E-state index contributed by atoms with van der Waals surface area (Å²) in [7, 11) is 1.82. The Bertz CT molecular complexity index is 636. The number of benzene rings is 2. The van der Waals surface area contributed by atoms with Gasteiger partial charge in [-0.1, -0.05) is 18.2 Å². The molecular formula is C16H17F3N2. The normalized spacial score (nSPS) is 11.5. The number of nitrogens with zero attached hydrogens (tertiary/aromatic N) is 1. The molecule has 2 nitrogen and oxygen atoms in total. The summed E-state index contributed by atoms with van der Waals surface area (Å²) < 4.78 is 38.3. The number of anilines is 2. The van der Waals surface area contributed by atoms with E-state index < -0.39 is 11.7 Å². The number of nitrogens with two attached hydrogens (primary N) is 1. The highest BCUT2D eigenvalue weighted by Crippen LogP contribution is 2.35. The Hall–Kier alpha value is -2.01. The predicted molar refractivity (Wildman–Crippen MR) is 78.6 cm³/mol. The lowest BCUT2D eigenvalue weighted by Gasteiger charge is -2.24. The van der Waals surface area contributed by atoms with Crippen molar-refractivity contribution in [3.8, 4) is 0 Å². The number of hydrogen-bond donors (Lipinski definition) is 1. The molecule has 0 aliphatic rings. The molecule has 21 heavy (non-hydrogen) atoms. The maximum atomic E-state index is 12.8. The van der Waals surface area contributed by atoms with Gasteiger partial charge in [-0.3, -0.25) is 0 Å². The minimum absolute atomic E-state index is 0.0511. The lowest BCUT2D eigenvalue weighted by atomic mass is 10.1. The Morgan fingerprint density at radius 2 is 1.71 bits per heavy atom. The second-order valence-electron chi connectivity index (χ2n) is 4.89. The van der Waals surface area contributed by atoms with Gasteiger partial charge in [0.15, 0.2) is 0 Å². The highest BCUT2D eigenvalue weighted by molar-refractivity contribution is 5.68. The summed E-state index contributed by atoms with van der Waals surface area (Å²) in [6.07, 6.45) is -4.36. The standard InChI is InChI=1S/C16H17F3N2/c1-11-5-3-4-6-14(11)21(2)15-8-7-13(16(17,18)19)9-12(15)10-20/h3-9H,10,20H2,1-2H3. The van der Waals surface area contributed by atoms with E-state index in [-0.39, 0.29) is 6.54 Å². The molecular weight excluding hydrogens is 277 g/mol. The molecule has 0 unspecified atom stereocenters. The summed E-state index contributed by atoms with van der Waals surface area (Å²) in [5, 5.41) is 0. The van der Waals surface area contributed by atoms with E-state index in [2.05, 4.69) is 0 Å². The second kappa shape index (κ2) is 5.77. The van der Waals surface area contributed by atoms with Gasteiger partial charge >= 0.3 is 6.18 Å². The first-order valence-electron chi connectivity index (χ1n) is 6.54. The zero-order chi connectivity index (χ0) is 15.6. The van der Waals surface area contributed by atoms with Crippen molar-refractivity contribution in [2.75, 3.05) is 11.9 Å². The van der Waals surface area contributed by atoms with Crippen LogP contribution in [0.1, 0.15) is 16.7 Å². The first kappa shape index (κ1) is 15.4. The Morgan fingerprint density at radius 1 is 1.05 bits per heavy atom. The number of para-hydroxylation sites is 1. The molecule has 2 N–H and O–H groups in total. The van der Waals surface area contributed by atoms with Crippen molar-refractivity contribution in [1.29, 1.82) is 0 Å². The van der Waals surface area contributed by atoms with Crippen LogP contribution in [0.25, 0.3) is 0 Å². The third kappa shape index (κ3) is 3.19. The van der Waals surface area contributed by atoms with E-state index in [0.717, 1.165) is 23.4 Å². The smallest absolute Gasteiger partial charge is 0.344 e. The lowest BCUT2D eigenvalue weighted by Crippen LogP contribution is -2.16. The summed E-state index contributed by atoms with van der Waals surface area (Å²) in [6, 6.07) is 11.4. The molecule has 0 fully saturated rings. The fourth-order valence-electron chi connectivity index (χ4n) is 2.32. The number of halogens is 3. The van der Waals surface area contributed by atoms with Crippen LogP contribution in [0.5, 0.6) is 0 Å². The molecule has 0 heterocycles. The van der Waals surface area contributed by atoms with Crippen molar-refractivity contribution < 1.29 is 13.2 Å². The van der Waals surface area contributed by atoms with Crippen LogP contribution in [-0.2, 0) is 12.7 Å². The van der Waals surface area contributed by atoms with Crippen molar-refractivity contribution in [2.45, 2.75) is 19.6 Å². The van der Waals surface area contributed by atoms with Crippen molar-refractivity contribution in [3.05, 3.63) is 59.2 Å². The largest absolute Gasteiger partial charge is 0.416 e. The zero-order valence-electron chi connectivity index (χ0n) is 11.9. The van der Waals surface area contributed by atoms with Crippen LogP contribution >= 0.6 is 0 Å². The van der Waals surface area contributed by atoms with Gasteiger partial charge in [0.1, 0.15) is 0 Å². The third-order valence-corrected chi connectivity index (χ3v) is 3.46. The van der Waals surface area contributed by atoms with E-state index in [1.807, 2.05) is 43.1 Å². The maximum Gasteiger partial charge on any atom is 0.416 e. The van der Waals surface area contributed by atoms with E-state index in [1.54, 1.807) is 0 Å². The van der Waals surface area contributed by atoms with Crippen LogP contribution in [0.3, 0.4) is 0 Å². The Balaban J connectivity index is 2.47. The van der Waals surface area contributed by atoms with Gasteiger partial charge in [0, 0.05) is 25.0 Å². The minimum Gasteiger partial charge on any atom is -0.344 e. The van der Waals surface area contributed by atoms with Gasteiger partial charge < -0.3 is 10.6 Å². The molecule has 0 saturated heterocycles. The summed E-state index contributed by atoms with van der Waals surface area (Å²) in [5.74, 6) is 0. The molecule has 2 rings (SSSR count). The van der Waals surface area contributed by atoms with Crippen LogP contribution in [-0.4, -0.2) is 7.05 Å². The number of hydrogen-bond acceptors (Lipinski definition) is 2. The van der Waals surface area contributed by atoms with E-state index in [4.69, 9.17) is 5.73 Å². The topological polar surface area (TPSA) is 29.3 Å². The van der Waals surface area contributed by atoms with E-state index in [0.29, 0.717) is 11.3 Å². The molecule has 0 aromatic heterocycles. The van der Waals surface area contributed by atoms with Crippen LogP contribution in [0.2, 0.25) is 0 Å². The van der Waals surface area contributed by atoms with Gasteiger partial charge in [-0.15, -0.1) is 0 Å². The van der Waals surface area contributed by atoms with Crippen molar-refractivity contribution in [2.24, 2.45) is 5.73 Å². The molecule has 0 aliphatic carbocycles. The van der Waals surface area contributed by atoms with Crippen LogP contribution in [0.15, 0.2) is 42.5 Å². The van der Waals surface area contributed by atoms with Gasteiger partial charge in [-0.2, -0.15) is 13.2 Å². The molecule has 0 bridgehead atoms. The van der Waals surface area contributed by atoms with E-state index in [9.17, 15) is 13.2 Å². The van der Waals surface area contributed by atoms with Gasteiger partial charge in [-0.25, -0.2) is 0 Å². The molecule has 5 heteroatoms. The Morgan fingerprint density at radius 3 is 2.29 bits per heavy atom. The maximum absolute atomic E-state index is 12.8. The number of rotatable bonds is 3. The summed E-state index contributed by atoms with van der Waals surface area (Å²) in [6.45, 7) is 2.01. The molecule has 0 saturated carbocycles. The number of aryl methyl sites for hydroxylation is 1. The molecule has 2 aromatic rings. The minimum atomic E-state index is -4.36. The molecule has 0 spiro atoms. The molecule has 0 amide bonds. The van der Waals surface area contributed by atoms with Gasteiger partial charge in [-0.05, 0) is 42.3 Å². The fraction of sp³-hybridized carbons (Fsp3) is 0.250. The number of alkyl halides is 3. The summed E-state index contributed by atoms with van der Waals surface area (Å²) in [4.78, 5) is 1.86. The lowest BCUT2D eigenvalue weighted by molar-refractivity contribution is -0.137. The van der Waals surface area contributed by atoms with Crippen LogP contribution in [0.4, 0.5) is 24.5 Å². The molecule has 112 valence electrons. The highest BCUT2D eigenvalue weighted by Gasteiger charge is 2.31. The quantitative estimate of drug-likeness (QED) is 0.917. The average Bonchev–Trinajstić information content (AvgIpc) is 2.45.